The third-order valence-corrected chi connectivity index (χ3v) is 8.20. The zero-order valence-corrected chi connectivity index (χ0v) is 22.1. The molecule has 0 nitrogen and oxygen atoms in total. The van der Waals surface area contributed by atoms with Crippen molar-refractivity contribution in [1.82, 2.24) is 0 Å². The summed E-state index contributed by atoms with van der Waals surface area (Å²) in [5.74, 6) is 0. The van der Waals surface area contributed by atoms with Crippen LogP contribution in [0.3, 0.4) is 0 Å². The Balaban J connectivity index is 1.70. The van der Waals surface area contributed by atoms with Crippen LogP contribution in [0, 0.1) is 0 Å². The number of fused-ring (bicyclic) bond motifs is 6. The molecule has 7 rings (SSSR count). The fourth-order valence-corrected chi connectivity index (χ4v) is 6.29. The Labute approximate surface area is 212 Å². The van der Waals surface area contributed by atoms with Crippen molar-refractivity contribution in [2.75, 3.05) is 0 Å². The average molecular weight is 465 g/mol. The van der Waals surface area contributed by atoms with Crippen LogP contribution in [0.15, 0.2) is 72.8 Å². The van der Waals surface area contributed by atoms with Crippen LogP contribution in [0.2, 0.25) is 0 Å². The maximum atomic E-state index is 2.46. The molecule has 2 bridgehead atoms. The van der Waals surface area contributed by atoms with Gasteiger partial charge in [0.05, 0.1) is 0 Å². The van der Waals surface area contributed by atoms with E-state index in [1.165, 1.54) is 75.8 Å². The second-order valence-electron chi connectivity index (χ2n) is 12.7. The van der Waals surface area contributed by atoms with Gasteiger partial charge in [0.1, 0.15) is 0 Å². The number of hydrogen-bond acceptors (Lipinski definition) is 0. The smallest absolute Gasteiger partial charge is 0.00322 e. The topological polar surface area (TPSA) is 0 Å². The minimum atomic E-state index is 0.0821. The van der Waals surface area contributed by atoms with E-state index in [1.807, 2.05) is 0 Å². The lowest BCUT2D eigenvalue weighted by molar-refractivity contribution is 0.590. The van der Waals surface area contributed by atoms with Gasteiger partial charge in [-0.25, -0.2) is 0 Å². The zero-order chi connectivity index (χ0) is 25.0. The predicted octanol–water partition coefficient (Wildman–Crippen LogP) is 9.57. The maximum absolute atomic E-state index is 2.46. The fourth-order valence-electron chi connectivity index (χ4n) is 6.29. The molecule has 0 N–H and O–H groups in total. The summed E-state index contributed by atoms with van der Waals surface area (Å²) in [6.07, 6.45) is 6.79. The molecule has 36 heavy (non-hydrogen) atoms. The van der Waals surface area contributed by atoms with E-state index in [0.717, 1.165) is 0 Å². The van der Waals surface area contributed by atoms with E-state index in [-0.39, 0.29) is 10.8 Å². The van der Waals surface area contributed by atoms with E-state index in [1.54, 1.807) is 0 Å². The second-order valence-corrected chi connectivity index (χ2v) is 12.7. The molecule has 0 heteroatoms. The molecule has 1 aliphatic carbocycles. The van der Waals surface area contributed by atoms with Crippen LogP contribution in [-0.2, 0) is 10.8 Å². The van der Waals surface area contributed by atoms with Crippen molar-refractivity contribution in [2.45, 2.75) is 52.4 Å². The van der Waals surface area contributed by atoms with Gasteiger partial charge < -0.3 is 0 Å². The Morgan fingerprint density at radius 3 is 1.92 bits per heavy atom. The molecule has 0 amide bonds. The minimum absolute atomic E-state index is 0.0821. The minimum Gasteiger partial charge on any atom is -0.0610 e. The first kappa shape index (κ1) is 21.6. The Kier molecular flexibility index (Phi) is 4.19. The van der Waals surface area contributed by atoms with Crippen LogP contribution in [0.1, 0.15) is 58.2 Å². The van der Waals surface area contributed by atoms with Gasteiger partial charge in [0.25, 0.3) is 0 Å². The molecule has 0 saturated heterocycles. The Morgan fingerprint density at radius 1 is 0.528 bits per heavy atom. The molecule has 0 saturated carbocycles. The summed E-state index contributed by atoms with van der Waals surface area (Å²) in [6, 6.07) is 26.0. The van der Waals surface area contributed by atoms with Gasteiger partial charge >= 0.3 is 0 Å². The van der Waals surface area contributed by atoms with E-state index < -0.39 is 0 Å². The monoisotopic (exact) mass is 464 g/mol. The van der Waals surface area contributed by atoms with Gasteiger partial charge in [-0.3, -0.25) is 0 Å². The van der Waals surface area contributed by atoms with Gasteiger partial charge in [-0.15, -0.1) is 0 Å². The van der Waals surface area contributed by atoms with Crippen LogP contribution in [-0.4, -0.2) is 0 Å². The molecule has 6 aromatic rings. The van der Waals surface area contributed by atoms with Crippen LogP contribution in [0.4, 0.5) is 0 Å². The van der Waals surface area contributed by atoms with Crippen molar-refractivity contribution in [3.63, 3.8) is 0 Å². The lowest BCUT2D eigenvalue weighted by Gasteiger charge is -2.23. The number of benzene rings is 6. The molecule has 6 aromatic carbocycles. The summed E-state index contributed by atoms with van der Waals surface area (Å²) < 4.78 is 0. The van der Waals surface area contributed by atoms with Crippen LogP contribution >= 0.6 is 0 Å². The molecule has 0 fully saturated rings. The number of rotatable bonds is 0. The van der Waals surface area contributed by atoms with E-state index in [0.29, 0.717) is 0 Å². The standard InChI is InChI=1S/C36H32/c1-35(2,3)25-15-23-11-8-12-24-18-30-27(32(19-25)34(23)24)14-13-26-29(30)16-21-9-7-10-22-17-28(21)31(26)20-33(22)36(4,5)6/h7-20H,1-6H3. The molecular weight excluding hydrogens is 432 g/mol. The van der Waals surface area contributed by atoms with Crippen LogP contribution in [0.25, 0.3) is 66.0 Å². The first-order valence-corrected chi connectivity index (χ1v) is 13.1. The third-order valence-electron chi connectivity index (χ3n) is 8.20. The van der Waals surface area contributed by atoms with Crippen molar-refractivity contribution in [3.8, 4) is 0 Å². The average Bonchev–Trinajstić information content (AvgIpc) is 3.01. The second kappa shape index (κ2) is 6.98. The normalized spacial score (nSPS) is 13.9. The fraction of sp³-hybridized carbons (Fsp3) is 0.222. The summed E-state index contributed by atoms with van der Waals surface area (Å²) in [7, 11) is 0. The number of hydrogen-bond donors (Lipinski definition) is 0. The van der Waals surface area contributed by atoms with Gasteiger partial charge in [-0.05, 0) is 117 Å². The van der Waals surface area contributed by atoms with Crippen molar-refractivity contribution < 1.29 is 0 Å². The highest BCUT2D eigenvalue weighted by molar-refractivity contribution is 6.28. The molecule has 0 spiro atoms. The Bertz CT molecular complexity index is 1980. The summed E-state index contributed by atoms with van der Waals surface area (Å²) in [6.45, 7) is 13.9. The molecule has 0 heterocycles. The highest BCUT2D eigenvalue weighted by Crippen LogP contribution is 2.41. The lowest BCUT2D eigenvalue weighted by atomic mass is 9.81. The molecular formula is C36H32. The van der Waals surface area contributed by atoms with E-state index in [2.05, 4.69) is 127 Å². The molecule has 1 aliphatic rings. The van der Waals surface area contributed by atoms with Crippen molar-refractivity contribution in [3.05, 3.63) is 94.7 Å². The highest BCUT2D eigenvalue weighted by atomic mass is 14.2. The summed E-state index contributed by atoms with van der Waals surface area (Å²) >= 11 is 0. The van der Waals surface area contributed by atoms with Gasteiger partial charge in [-0.2, -0.15) is 0 Å². The molecule has 0 atom stereocenters. The first-order valence-electron chi connectivity index (χ1n) is 13.1. The van der Waals surface area contributed by atoms with Crippen molar-refractivity contribution in [2.24, 2.45) is 0 Å². The number of allylic oxidation sites excluding steroid dienone is 1. The van der Waals surface area contributed by atoms with Gasteiger partial charge in [-0.1, -0.05) is 96.2 Å². The van der Waals surface area contributed by atoms with Crippen molar-refractivity contribution in [1.29, 1.82) is 0 Å². The van der Waals surface area contributed by atoms with Crippen LogP contribution in [0.5, 0.6) is 0 Å². The van der Waals surface area contributed by atoms with E-state index in [9.17, 15) is 0 Å². The largest absolute Gasteiger partial charge is 0.0610 e. The summed E-state index contributed by atoms with van der Waals surface area (Å²) in [4.78, 5) is 0. The molecule has 0 aromatic heterocycles. The maximum Gasteiger partial charge on any atom is -0.00322 e. The Morgan fingerprint density at radius 2 is 1.19 bits per heavy atom. The van der Waals surface area contributed by atoms with Gasteiger partial charge in [0.2, 0.25) is 0 Å². The van der Waals surface area contributed by atoms with Crippen molar-refractivity contribution >= 4 is 66.0 Å². The molecule has 0 aliphatic heterocycles. The Hall–Kier alpha value is -3.64. The summed E-state index contributed by atoms with van der Waals surface area (Å²) in [5, 5.41) is 14.8. The van der Waals surface area contributed by atoms with Gasteiger partial charge in [0, 0.05) is 0 Å². The van der Waals surface area contributed by atoms with Crippen LogP contribution < -0.4 is 5.22 Å². The molecule has 176 valence electrons. The van der Waals surface area contributed by atoms with E-state index in [4.69, 9.17) is 0 Å². The molecule has 0 unspecified atom stereocenters. The molecule has 0 radical (unpaired) electrons. The van der Waals surface area contributed by atoms with Gasteiger partial charge in [0.15, 0.2) is 0 Å². The zero-order valence-electron chi connectivity index (χ0n) is 22.1. The lowest BCUT2D eigenvalue weighted by Crippen LogP contribution is -2.13. The third kappa shape index (κ3) is 3.00. The SMILES string of the molecule is CC(C)(C)c1cc2cccc3cc4c5cc6c7cc(c(C(C)(C)C)cc7c5ccc4c(c1)c23)C=CC=6. The predicted molar refractivity (Wildman–Crippen MR) is 160 cm³/mol. The first-order chi connectivity index (χ1) is 17.1. The highest BCUT2D eigenvalue weighted by Gasteiger charge is 2.21. The summed E-state index contributed by atoms with van der Waals surface area (Å²) in [5.41, 5.74) is 4.32. The quantitative estimate of drug-likeness (QED) is 0.155. The van der Waals surface area contributed by atoms with E-state index >= 15 is 0 Å².